The topological polar surface area (TPSA) is 20.2 Å². The summed E-state index contributed by atoms with van der Waals surface area (Å²) in [6.07, 6.45) is 9.41. The summed E-state index contributed by atoms with van der Waals surface area (Å²) in [6.45, 7) is 0. The second-order valence-electron chi connectivity index (χ2n) is 5.56. The zero-order valence-electron chi connectivity index (χ0n) is 10.9. The first kappa shape index (κ1) is 13.9. The molecule has 18 heavy (non-hydrogen) atoms. The van der Waals surface area contributed by atoms with Crippen molar-refractivity contribution in [1.82, 2.24) is 0 Å². The van der Waals surface area contributed by atoms with Crippen LogP contribution in [-0.4, -0.2) is 11.2 Å². The highest BCUT2D eigenvalue weighted by Gasteiger charge is 2.17. The molecule has 1 N–H and O–H groups in total. The van der Waals surface area contributed by atoms with Crippen LogP contribution in [0.1, 0.15) is 50.5 Å². The van der Waals surface area contributed by atoms with Crippen molar-refractivity contribution >= 4 is 11.6 Å². The molecule has 0 heterocycles. The van der Waals surface area contributed by atoms with E-state index >= 15 is 0 Å². The Hall–Kier alpha value is -0.530. The van der Waals surface area contributed by atoms with E-state index in [9.17, 15) is 5.11 Å². The molecule has 0 aromatic heterocycles. The van der Waals surface area contributed by atoms with Crippen molar-refractivity contribution in [3.05, 3.63) is 34.9 Å². The molecule has 1 aromatic rings. The summed E-state index contributed by atoms with van der Waals surface area (Å²) in [5.41, 5.74) is 1.27. The van der Waals surface area contributed by atoms with Crippen LogP contribution in [0, 0.1) is 5.92 Å². The molecule has 0 bridgehead atoms. The van der Waals surface area contributed by atoms with Gasteiger partial charge in [-0.2, -0.15) is 0 Å². The largest absolute Gasteiger partial charge is 0.393 e. The smallest absolute Gasteiger partial charge is 0.0546 e. The van der Waals surface area contributed by atoms with Gasteiger partial charge in [0.25, 0.3) is 0 Å². The van der Waals surface area contributed by atoms with Gasteiger partial charge >= 0.3 is 0 Å². The summed E-state index contributed by atoms with van der Waals surface area (Å²) in [6, 6.07) is 7.94. The highest BCUT2D eigenvalue weighted by Crippen LogP contribution is 2.28. The lowest BCUT2D eigenvalue weighted by molar-refractivity contribution is 0.122. The average molecular weight is 267 g/mol. The lowest BCUT2D eigenvalue weighted by Gasteiger charge is -2.24. The van der Waals surface area contributed by atoms with Gasteiger partial charge in [0.05, 0.1) is 6.10 Å². The molecule has 0 spiro atoms. The average Bonchev–Trinajstić information content (AvgIpc) is 2.39. The van der Waals surface area contributed by atoms with Crippen LogP contribution in [0.5, 0.6) is 0 Å². The molecule has 1 fully saturated rings. The number of hydrogen-bond donors (Lipinski definition) is 1. The van der Waals surface area contributed by atoms with Crippen LogP contribution in [0.3, 0.4) is 0 Å². The third-order valence-electron chi connectivity index (χ3n) is 4.01. The fourth-order valence-corrected chi connectivity index (χ4v) is 3.04. The van der Waals surface area contributed by atoms with Gasteiger partial charge in [0.15, 0.2) is 0 Å². The van der Waals surface area contributed by atoms with Gasteiger partial charge in [0, 0.05) is 5.02 Å². The molecule has 1 aromatic carbocycles. The monoisotopic (exact) mass is 266 g/mol. The van der Waals surface area contributed by atoms with E-state index in [2.05, 4.69) is 12.1 Å². The molecule has 1 atom stereocenters. The maximum absolute atomic E-state index is 10.1. The van der Waals surface area contributed by atoms with Crippen LogP contribution >= 0.6 is 11.6 Å². The molecule has 1 unspecified atom stereocenters. The van der Waals surface area contributed by atoms with E-state index in [0.717, 1.165) is 30.2 Å². The minimum absolute atomic E-state index is 0.135. The number of aliphatic hydroxyl groups is 1. The van der Waals surface area contributed by atoms with E-state index < -0.39 is 0 Å². The molecule has 1 aliphatic carbocycles. The Kier molecular flexibility index (Phi) is 5.52. The van der Waals surface area contributed by atoms with E-state index in [-0.39, 0.29) is 6.10 Å². The first-order valence-corrected chi connectivity index (χ1v) is 7.54. The second kappa shape index (κ2) is 7.16. The maximum atomic E-state index is 10.1. The van der Waals surface area contributed by atoms with Crippen molar-refractivity contribution in [3.63, 3.8) is 0 Å². The van der Waals surface area contributed by atoms with Crippen molar-refractivity contribution in [1.29, 1.82) is 0 Å². The minimum Gasteiger partial charge on any atom is -0.393 e. The first-order chi connectivity index (χ1) is 8.74. The number of rotatable bonds is 5. The Balaban J connectivity index is 1.70. The quantitative estimate of drug-likeness (QED) is 0.826. The molecule has 1 aliphatic rings. The standard InChI is InChI=1S/C16H23ClO/c17-15-9-6-13(7-10-15)8-11-16(18)12-14-4-2-1-3-5-14/h6-7,9-10,14,16,18H,1-5,8,11-12H2. The minimum atomic E-state index is -0.135. The van der Waals surface area contributed by atoms with Crippen molar-refractivity contribution in [2.24, 2.45) is 5.92 Å². The molecule has 0 saturated heterocycles. The van der Waals surface area contributed by atoms with Crippen LogP contribution in [0.25, 0.3) is 0 Å². The Morgan fingerprint density at radius 1 is 1.11 bits per heavy atom. The summed E-state index contributed by atoms with van der Waals surface area (Å²) >= 11 is 5.85. The summed E-state index contributed by atoms with van der Waals surface area (Å²) in [5, 5.41) is 10.9. The zero-order chi connectivity index (χ0) is 12.8. The molecule has 1 saturated carbocycles. The van der Waals surface area contributed by atoms with Gasteiger partial charge in [-0.25, -0.2) is 0 Å². The molecule has 1 nitrogen and oxygen atoms in total. The van der Waals surface area contributed by atoms with Crippen molar-refractivity contribution in [3.8, 4) is 0 Å². The third kappa shape index (κ3) is 4.62. The van der Waals surface area contributed by atoms with Crippen LogP contribution in [-0.2, 0) is 6.42 Å². The normalized spacial score (nSPS) is 18.8. The SMILES string of the molecule is OC(CCc1ccc(Cl)cc1)CC1CCCCC1. The van der Waals surface area contributed by atoms with Crippen molar-refractivity contribution < 1.29 is 5.11 Å². The van der Waals surface area contributed by atoms with Gasteiger partial charge in [-0.1, -0.05) is 55.8 Å². The fraction of sp³-hybridized carbons (Fsp3) is 0.625. The number of aliphatic hydroxyl groups excluding tert-OH is 1. The number of aryl methyl sites for hydroxylation is 1. The highest BCUT2D eigenvalue weighted by atomic mass is 35.5. The van der Waals surface area contributed by atoms with E-state index in [1.165, 1.54) is 37.7 Å². The van der Waals surface area contributed by atoms with Crippen LogP contribution in [0.4, 0.5) is 0 Å². The van der Waals surface area contributed by atoms with Crippen molar-refractivity contribution in [2.45, 2.75) is 57.5 Å². The molecular formula is C16H23ClO. The van der Waals surface area contributed by atoms with Crippen molar-refractivity contribution in [2.75, 3.05) is 0 Å². The maximum Gasteiger partial charge on any atom is 0.0546 e. The van der Waals surface area contributed by atoms with Gasteiger partial charge in [-0.05, 0) is 42.9 Å². The van der Waals surface area contributed by atoms with Crippen LogP contribution < -0.4 is 0 Å². The summed E-state index contributed by atoms with van der Waals surface area (Å²) < 4.78 is 0. The summed E-state index contributed by atoms with van der Waals surface area (Å²) in [7, 11) is 0. The zero-order valence-corrected chi connectivity index (χ0v) is 11.7. The van der Waals surface area contributed by atoms with Gasteiger partial charge in [-0.15, -0.1) is 0 Å². The van der Waals surface area contributed by atoms with E-state index in [4.69, 9.17) is 11.6 Å². The third-order valence-corrected chi connectivity index (χ3v) is 4.26. The van der Waals surface area contributed by atoms with E-state index in [1.54, 1.807) is 0 Å². The molecule has 0 radical (unpaired) electrons. The fourth-order valence-electron chi connectivity index (χ4n) is 2.91. The Bertz CT molecular complexity index is 341. The lowest BCUT2D eigenvalue weighted by atomic mass is 9.84. The number of hydrogen-bond acceptors (Lipinski definition) is 1. The predicted molar refractivity (Wildman–Crippen MR) is 77.0 cm³/mol. The number of benzene rings is 1. The molecule has 2 rings (SSSR count). The Morgan fingerprint density at radius 2 is 1.78 bits per heavy atom. The van der Waals surface area contributed by atoms with E-state index in [0.29, 0.717) is 0 Å². The van der Waals surface area contributed by atoms with Gasteiger partial charge in [0.1, 0.15) is 0 Å². The molecule has 0 aliphatic heterocycles. The molecule has 100 valence electrons. The Morgan fingerprint density at radius 3 is 2.44 bits per heavy atom. The summed E-state index contributed by atoms with van der Waals surface area (Å²) in [4.78, 5) is 0. The van der Waals surface area contributed by atoms with E-state index in [1.807, 2.05) is 12.1 Å². The predicted octanol–water partition coefficient (Wildman–Crippen LogP) is 4.60. The second-order valence-corrected chi connectivity index (χ2v) is 6.00. The summed E-state index contributed by atoms with van der Waals surface area (Å²) in [5.74, 6) is 0.763. The number of halogens is 1. The Labute approximate surface area is 115 Å². The van der Waals surface area contributed by atoms with Crippen LogP contribution in [0.15, 0.2) is 24.3 Å². The highest BCUT2D eigenvalue weighted by molar-refractivity contribution is 6.30. The van der Waals surface area contributed by atoms with Gasteiger partial charge < -0.3 is 5.11 Å². The molecule has 2 heteroatoms. The van der Waals surface area contributed by atoms with Gasteiger partial charge in [-0.3, -0.25) is 0 Å². The molecule has 0 amide bonds. The first-order valence-electron chi connectivity index (χ1n) is 7.16. The lowest BCUT2D eigenvalue weighted by Crippen LogP contribution is -2.16. The van der Waals surface area contributed by atoms with Crippen LogP contribution in [0.2, 0.25) is 5.02 Å². The molecular weight excluding hydrogens is 244 g/mol. The van der Waals surface area contributed by atoms with Gasteiger partial charge in [0.2, 0.25) is 0 Å².